The molecular formula is C23H28Cl3N3O4S. The Hall–Kier alpha value is -2.00. The van der Waals surface area contributed by atoms with Crippen LogP contribution in [0.2, 0.25) is 15.1 Å². The molecule has 0 radical (unpaired) electrons. The van der Waals surface area contributed by atoms with Crippen molar-refractivity contribution in [3.63, 3.8) is 0 Å². The lowest BCUT2D eigenvalue weighted by molar-refractivity contribution is -0.139. The number of benzene rings is 2. The van der Waals surface area contributed by atoms with E-state index in [2.05, 4.69) is 5.32 Å². The molecule has 2 aromatic rings. The fraction of sp³-hybridized carbons (Fsp3) is 0.391. The Morgan fingerprint density at radius 3 is 2.06 bits per heavy atom. The van der Waals surface area contributed by atoms with Gasteiger partial charge in [-0.3, -0.25) is 13.9 Å². The molecule has 7 nitrogen and oxygen atoms in total. The maximum Gasteiger partial charge on any atom is 0.244 e. The third-order valence-electron chi connectivity index (χ3n) is 5.36. The molecule has 2 aromatic carbocycles. The van der Waals surface area contributed by atoms with E-state index in [1.807, 2.05) is 13.8 Å². The molecule has 0 heterocycles. The topological polar surface area (TPSA) is 86.8 Å². The number of hydrogen-bond acceptors (Lipinski definition) is 4. The molecule has 0 aliphatic carbocycles. The van der Waals surface area contributed by atoms with Crippen LogP contribution in [-0.2, 0) is 26.2 Å². The minimum absolute atomic E-state index is 0.0907. The molecular weight excluding hydrogens is 521 g/mol. The number of nitrogens with one attached hydrogen (secondary N) is 1. The molecule has 186 valence electrons. The van der Waals surface area contributed by atoms with Crippen LogP contribution in [0.1, 0.15) is 32.8 Å². The number of rotatable bonds is 10. The zero-order valence-electron chi connectivity index (χ0n) is 19.4. The lowest BCUT2D eigenvalue weighted by Gasteiger charge is -2.32. The van der Waals surface area contributed by atoms with Crippen molar-refractivity contribution in [2.24, 2.45) is 0 Å². The Bertz CT molecular complexity index is 1120. The summed E-state index contributed by atoms with van der Waals surface area (Å²) >= 11 is 18.9. The number of hydrogen-bond donors (Lipinski definition) is 1. The summed E-state index contributed by atoms with van der Waals surface area (Å²) in [5.41, 5.74) is 0.610. The van der Waals surface area contributed by atoms with Gasteiger partial charge in [0.25, 0.3) is 0 Å². The molecule has 1 N–H and O–H groups in total. The fourth-order valence-corrected chi connectivity index (χ4v) is 4.82. The highest BCUT2D eigenvalue weighted by molar-refractivity contribution is 7.92. The van der Waals surface area contributed by atoms with E-state index in [9.17, 15) is 18.0 Å². The first kappa shape index (κ1) is 28.2. The normalized spacial score (nSPS) is 13.1. The molecule has 0 saturated heterocycles. The van der Waals surface area contributed by atoms with Crippen molar-refractivity contribution >= 4 is 62.3 Å². The summed E-state index contributed by atoms with van der Waals surface area (Å²) in [7, 11) is -3.88. The van der Waals surface area contributed by atoms with Crippen LogP contribution in [-0.4, -0.2) is 50.0 Å². The smallest absolute Gasteiger partial charge is 0.244 e. The van der Waals surface area contributed by atoms with Gasteiger partial charge in [-0.25, -0.2) is 8.42 Å². The van der Waals surface area contributed by atoms with E-state index in [1.165, 1.54) is 17.0 Å². The highest BCUT2D eigenvalue weighted by Crippen LogP contribution is 2.29. The quantitative estimate of drug-likeness (QED) is 0.464. The third-order valence-corrected chi connectivity index (χ3v) is 7.51. The first-order valence-corrected chi connectivity index (χ1v) is 13.6. The van der Waals surface area contributed by atoms with Crippen molar-refractivity contribution in [1.82, 2.24) is 10.2 Å². The predicted molar refractivity (Wildman–Crippen MR) is 138 cm³/mol. The summed E-state index contributed by atoms with van der Waals surface area (Å²) in [6, 6.07) is 10.2. The molecule has 0 saturated carbocycles. The lowest BCUT2D eigenvalue weighted by Crippen LogP contribution is -2.52. The van der Waals surface area contributed by atoms with Gasteiger partial charge in [0.15, 0.2) is 0 Å². The summed E-state index contributed by atoms with van der Waals surface area (Å²) in [4.78, 5) is 27.7. The SMILES string of the molecule is CC[C@@H](C)NC(=O)[C@H](C)N(Cc1c(Cl)cccc1Cl)C(=O)CN(c1ccccc1Cl)S(C)(=O)=O. The Kier molecular flexibility index (Phi) is 10.1. The van der Waals surface area contributed by atoms with Crippen molar-refractivity contribution in [1.29, 1.82) is 0 Å². The standard InChI is InChI=1S/C23H28Cl3N3O4S/c1-5-15(2)27-23(31)16(3)28(13-17-18(24)10-8-11-19(17)25)22(30)14-29(34(4,32)33)21-12-7-6-9-20(21)26/h6-12,15-16H,5,13-14H2,1-4H3,(H,27,31)/t15-,16+/m1/s1. The molecule has 2 amide bonds. The maximum absolute atomic E-state index is 13.5. The first-order valence-electron chi connectivity index (χ1n) is 10.6. The van der Waals surface area contributed by atoms with Gasteiger partial charge in [0, 0.05) is 28.2 Å². The van der Waals surface area contributed by atoms with Crippen LogP contribution in [0.15, 0.2) is 42.5 Å². The Labute approximate surface area is 216 Å². The number of carbonyl (C=O) groups is 2. The van der Waals surface area contributed by atoms with Gasteiger partial charge < -0.3 is 10.2 Å². The van der Waals surface area contributed by atoms with Gasteiger partial charge in [0.05, 0.1) is 17.0 Å². The highest BCUT2D eigenvalue weighted by Gasteiger charge is 2.31. The van der Waals surface area contributed by atoms with E-state index in [1.54, 1.807) is 37.3 Å². The van der Waals surface area contributed by atoms with Crippen LogP contribution < -0.4 is 9.62 Å². The Morgan fingerprint density at radius 2 is 1.53 bits per heavy atom. The molecule has 0 bridgehead atoms. The lowest BCUT2D eigenvalue weighted by atomic mass is 10.1. The molecule has 34 heavy (non-hydrogen) atoms. The number of anilines is 1. The van der Waals surface area contributed by atoms with Crippen molar-refractivity contribution in [3.8, 4) is 0 Å². The molecule has 11 heteroatoms. The summed E-state index contributed by atoms with van der Waals surface area (Å²) in [6.45, 7) is 4.69. The Balaban J connectivity index is 2.46. The van der Waals surface area contributed by atoms with E-state index < -0.39 is 28.5 Å². The zero-order valence-corrected chi connectivity index (χ0v) is 22.5. The minimum Gasteiger partial charge on any atom is -0.352 e. The van der Waals surface area contributed by atoms with Crippen molar-refractivity contribution in [3.05, 3.63) is 63.1 Å². The van der Waals surface area contributed by atoms with Crippen LogP contribution in [0.5, 0.6) is 0 Å². The van der Waals surface area contributed by atoms with Gasteiger partial charge in [-0.1, -0.05) is 59.9 Å². The van der Waals surface area contributed by atoms with E-state index in [4.69, 9.17) is 34.8 Å². The molecule has 0 fully saturated rings. The number of halogens is 3. The number of nitrogens with zero attached hydrogens (tertiary/aromatic N) is 2. The molecule has 0 spiro atoms. The maximum atomic E-state index is 13.5. The third kappa shape index (κ3) is 7.25. The van der Waals surface area contributed by atoms with Crippen LogP contribution in [0.25, 0.3) is 0 Å². The second kappa shape index (κ2) is 12.1. The highest BCUT2D eigenvalue weighted by atomic mass is 35.5. The first-order chi connectivity index (χ1) is 15.9. The number of amides is 2. The molecule has 0 aliphatic rings. The summed E-state index contributed by atoms with van der Waals surface area (Å²) < 4.78 is 26.1. The van der Waals surface area contributed by atoms with Gasteiger partial charge in [0.2, 0.25) is 21.8 Å². The number of para-hydroxylation sites is 1. The zero-order chi connectivity index (χ0) is 25.6. The van der Waals surface area contributed by atoms with Crippen molar-refractivity contribution < 1.29 is 18.0 Å². The molecule has 0 aromatic heterocycles. The molecule has 0 unspecified atom stereocenters. The largest absolute Gasteiger partial charge is 0.352 e. The fourth-order valence-electron chi connectivity index (χ4n) is 3.15. The molecule has 0 aliphatic heterocycles. The molecule has 2 atom stereocenters. The minimum atomic E-state index is -3.88. The van der Waals surface area contributed by atoms with E-state index in [0.717, 1.165) is 10.6 Å². The van der Waals surface area contributed by atoms with Crippen LogP contribution in [0.3, 0.4) is 0 Å². The van der Waals surface area contributed by atoms with E-state index >= 15 is 0 Å². The van der Waals surface area contributed by atoms with Crippen molar-refractivity contribution in [2.75, 3.05) is 17.1 Å². The average Bonchev–Trinajstić information content (AvgIpc) is 2.76. The Morgan fingerprint density at radius 1 is 0.971 bits per heavy atom. The van der Waals surface area contributed by atoms with Crippen molar-refractivity contribution in [2.45, 2.75) is 45.8 Å². The average molecular weight is 549 g/mol. The van der Waals surface area contributed by atoms with E-state index in [-0.39, 0.29) is 29.2 Å². The number of sulfonamides is 1. The van der Waals surface area contributed by atoms with Crippen LogP contribution in [0, 0.1) is 0 Å². The molecule has 2 rings (SSSR count). The van der Waals surface area contributed by atoms with Gasteiger partial charge in [0.1, 0.15) is 12.6 Å². The van der Waals surface area contributed by atoms with E-state index in [0.29, 0.717) is 22.0 Å². The van der Waals surface area contributed by atoms with Crippen LogP contribution >= 0.6 is 34.8 Å². The van der Waals surface area contributed by atoms with Gasteiger partial charge in [-0.15, -0.1) is 0 Å². The summed E-state index contributed by atoms with van der Waals surface area (Å²) in [5.74, 6) is -0.998. The summed E-state index contributed by atoms with van der Waals surface area (Å²) in [6.07, 6.45) is 1.69. The number of carbonyl (C=O) groups excluding carboxylic acids is 2. The monoisotopic (exact) mass is 547 g/mol. The van der Waals surface area contributed by atoms with Crippen LogP contribution in [0.4, 0.5) is 5.69 Å². The second-order valence-electron chi connectivity index (χ2n) is 7.94. The van der Waals surface area contributed by atoms with Gasteiger partial charge >= 0.3 is 0 Å². The summed E-state index contributed by atoms with van der Waals surface area (Å²) in [5, 5.41) is 3.67. The van der Waals surface area contributed by atoms with Gasteiger partial charge in [-0.2, -0.15) is 0 Å². The predicted octanol–water partition coefficient (Wildman–Crippen LogP) is 4.74. The van der Waals surface area contributed by atoms with Gasteiger partial charge in [-0.05, 0) is 44.5 Å². The second-order valence-corrected chi connectivity index (χ2v) is 11.1.